The van der Waals surface area contributed by atoms with Crippen LogP contribution >= 0.6 is 0 Å². The van der Waals surface area contributed by atoms with Crippen molar-refractivity contribution in [2.45, 2.75) is 289 Å². The monoisotopic (exact) mass is 948 g/mol. The third kappa shape index (κ3) is 49.5. The molecule has 392 valence electrons. The van der Waals surface area contributed by atoms with Crippen LogP contribution < -0.4 is 5.32 Å². The average Bonchev–Trinajstić information content (AvgIpc) is 3.33. The molecule has 3 N–H and O–H groups in total. The van der Waals surface area contributed by atoms with Crippen LogP contribution in [0.15, 0.2) is 85.1 Å². The van der Waals surface area contributed by atoms with Gasteiger partial charge in [0.25, 0.3) is 0 Å². The summed E-state index contributed by atoms with van der Waals surface area (Å²) in [5.74, 6) is -0.533. The second-order valence-corrected chi connectivity index (χ2v) is 19.3. The number of carbonyl (C=O) groups excluding carboxylic acids is 2. The fourth-order valence-corrected chi connectivity index (χ4v) is 8.38. The van der Waals surface area contributed by atoms with Gasteiger partial charge in [-0.15, -0.1) is 0 Å². The summed E-state index contributed by atoms with van der Waals surface area (Å²) in [6.45, 7) is 6.34. The van der Waals surface area contributed by atoms with Crippen LogP contribution in [0.25, 0.3) is 0 Å². The van der Waals surface area contributed by atoms with Crippen molar-refractivity contribution in [1.29, 1.82) is 0 Å². The Morgan fingerprint density at radius 1 is 0.441 bits per heavy atom. The summed E-state index contributed by atoms with van der Waals surface area (Å²) in [6, 6.07) is -0.725. The van der Waals surface area contributed by atoms with Crippen LogP contribution in [0.1, 0.15) is 271 Å². The van der Waals surface area contributed by atoms with Gasteiger partial charge in [-0.05, 0) is 96.3 Å². The Morgan fingerprint density at radius 3 is 1.26 bits per heavy atom. The van der Waals surface area contributed by atoms with E-state index in [4.69, 9.17) is 4.74 Å². The zero-order valence-electron chi connectivity index (χ0n) is 44.7. The fourth-order valence-electron chi connectivity index (χ4n) is 8.38. The van der Waals surface area contributed by atoms with Crippen molar-refractivity contribution in [3.8, 4) is 0 Å². The summed E-state index contributed by atoms with van der Waals surface area (Å²) < 4.78 is 5.93. The van der Waals surface area contributed by atoms with Gasteiger partial charge in [0.1, 0.15) is 6.10 Å². The van der Waals surface area contributed by atoms with Gasteiger partial charge in [-0.3, -0.25) is 9.59 Å². The third-order valence-electron chi connectivity index (χ3n) is 12.7. The average molecular weight is 949 g/mol. The number of esters is 1. The van der Waals surface area contributed by atoms with Crippen LogP contribution in [0.4, 0.5) is 0 Å². The molecule has 0 heterocycles. The zero-order chi connectivity index (χ0) is 49.5. The molecule has 0 aliphatic carbocycles. The minimum atomic E-state index is -0.808. The Balaban J connectivity index is 4.66. The first-order valence-electron chi connectivity index (χ1n) is 28.8. The number of unbranched alkanes of at least 4 members (excludes halogenated alkanes) is 25. The maximum absolute atomic E-state index is 13.3. The molecule has 3 unspecified atom stereocenters. The van der Waals surface area contributed by atoms with E-state index in [2.05, 4.69) is 111 Å². The first-order valence-corrected chi connectivity index (χ1v) is 28.8. The molecule has 0 spiro atoms. The first kappa shape index (κ1) is 65.0. The predicted molar refractivity (Wildman–Crippen MR) is 296 cm³/mol. The SMILES string of the molecule is CC/C=C\C/C=C\C/C=C\C/C=C\C/C=C\CCCC(CC(=O)NC(CO)C(O)CCCCCCCCCCCCCCC)OC(=O)CCCCCCCCCCC/C=C\C/C=C\CCCCC. The smallest absolute Gasteiger partial charge is 0.306 e. The highest BCUT2D eigenvalue weighted by Crippen LogP contribution is 2.17. The van der Waals surface area contributed by atoms with Crippen LogP contribution in [-0.2, 0) is 14.3 Å². The van der Waals surface area contributed by atoms with Crippen molar-refractivity contribution >= 4 is 11.9 Å². The van der Waals surface area contributed by atoms with Crippen molar-refractivity contribution in [3.05, 3.63) is 85.1 Å². The minimum absolute atomic E-state index is 0.0339. The molecule has 0 radical (unpaired) electrons. The maximum atomic E-state index is 13.3. The minimum Gasteiger partial charge on any atom is -0.462 e. The van der Waals surface area contributed by atoms with Gasteiger partial charge in [0.2, 0.25) is 5.91 Å². The number of ether oxygens (including phenoxy) is 1. The van der Waals surface area contributed by atoms with Crippen LogP contribution in [0.3, 0.4) is 0 Å². The summed E-state index contributed by atoms with van der Waals surface area (Å²) in [5.41, 5.74) is 0. The molecule has 1 amide bonds. The lowest BCUT2D eigenvalue weighted by Crippen LogP contribution is -2.46. The molecule has 0 fully saturated rings. The lowest BCUT2D eigenvalue weighted by molar-refractivity contribution is -0.151. The molecule has 68 heavy (non-hydrogen) atoms. The van der Waals surface area contributed by atoms with E-state index < -0.39 is 18.2 Å². The molecule has 0 aromatic carbocycles. The first-order chi connectivity index (χ1) is 33.5. The standard InChI is InChI=1S/C62H109NO5/c1-4-7-10-13-16-19-22-25-27-29-30-32-34-37-40-43-46-49-52-55-62(67)68-58(53-50-47-44-41-38-36-33-31-28-26-23-20-17-14-11-8-5-2)56-61(66)63-59(57-64)60(65)54-51-48-45-42-39-35-24-21-18-15-12-9-6-3/h8,11,16-17,19-20,25-28,33,36,41,44,58-60,64-65H,4-7,9-10,12-15,18,21-24,29-32,34-35,37-40,42-43,45-57H2,1-3H3,(H,63,66)/b11-8-,19-16-,20-17-,27-25-,28-26-,36-33-,44-41-. The van der Waals surface area contributed by atoms with Crippen molar-refractivity contribution < 1.29 is 24.5 Å². The van der Waals surface area contributed by atoms with E-state index >= 15 is 0 Å². The van der Waals surface area contributed by atoms with E-state index in [1.54, 1.807) is 0 Å². The Morgan fingerprint density at radius 2 is 0.809 bits per heavy atom. The largest absolute Gasteiger partial charge is 0.462 e. The van der Waals surface area contributed by atoms with Gasteiger partial charge in [0.05, 0.1) is 25.2 Å². The van der Waals surface area contributed by atoms with E-state index in [-0.39, 0.29) is 24.9 Å². The number of hydrogen-bond donors (Lipinski definition) is 3. The normalized spacial score (nSPS) is 13.8. The predicted octanol–water partition coefficient (Wildman–Crippen LogP) is 17.9. The van der Waals surface area contributed by atoms with Crippen LogP contribution in [0.5, 0.6) is 0 Å². The molecule has 0 aliphatic heterocycles. The maximum Gasteiger partial charge on any atom is 0.306 e. The highest BCUT2D eigenvalue weighted by atomic mass is 16.5. The molecule has 0 rings (SSSR count). The number of amides is 1. The molecular weight excluding hydrogens is 839 g/mol. The summed E-state index contributed by atoms with van der Waals surface area (Å²) >= 11 is 0. The Kier molecular flexibility index (Phi) is 52.6. The van der Waals surface area contributed by atoms with Crippen molar-refractivity contribution in [2.75, 3.05) is 6.61 Å². The lowest BCUT2D eigenvalue weighted by Gasteiger charge is -2.24. The van der Waals surface area contributed by atoms with Gasteiger partial charge >= 0.3 is 5.97 Å². The Bertz CT molecular complexity index is 1290. The number of rotatable bonds is 51. The van der Waals surface area contributed by atoms with Crippen LogP contribution in [0, 0.1) is 0 Å². The number of carbonyl (C=O) groups is 2. The third-order valence-corrected chi connectivity index (χ3v) is 12.7. The number of hydrogen-bond acceptors (Lipinski definition) is 5. The molecule has 6 heteroatoms. The topological polar surface area (TPSA) is 95.9 Å². The second-order valence-electron chi connectivity index (χ2n) is 19.3. The quantitative estimate of drug-likeness (QED) is 0.0321. The van der Waals surface area contributed by atoms with Crippen LogP contribution in [-0.4, -0.2) is 46.9 Å². The molecule has 0 aromatic rings. The molecule has 0 bridgehead atoms. The summed E-state index contributed by atoms with van der Waals surface area (Å²) in [7, 11) is 0. The molecule has 6 nitrogen and oxygen atoms in total. The molecule has 0 aromatic heterocycles. The van der Waals surface area contributed by atoms with Gasteiger partial charge in [0.15, 0.2) is 0 Å². The number of nitrogens with one attached hydrogen (secondary N) is 1. The van der Waals surface area contributed by atoms with Crippen molar-refractivity contribution in [3.63, 3.8) is 0 Å². The van der Waals surface area contributed by atoms with Gasteiger partial charge < -0.3 is 20.3 Å². The summed E-state index contributed by atoms with van der Waals surface area (Å²) in [4.78, 5) is 26.3. The van der Waals surface area contributed by atoms with Crippen molar-refractivity contribution in [2.24, 2.45) is 0 Å². The second kappa shape index (κ2) is 55.0. The molecule has 3 atom stereocenters. The Labute approximate surface area is 421 Å². The summed E-state index contributed by atoms with van der Waals surface area (Å²) in [6.07, 6.45) is 72.2. The molecule has 0 aliphatic rings. The van der Waals surface area contributed by atoms with E-state index in [1.165, 1.54) is 135 Å². The van der Waals surface area contributed by atoms with E-state index in [1.807, 2.05) is 0 Å². The number of aliphatic hydroxyl groups excluding tert-OH is 2. The molecule has 0 saturated heterocycles. The summed E-state index contributed by atoms with van der Waals surface area (Å²) in [5, 5.41) is 23.8. The molecular formula is C62H109NO5. The zero-order valence-corrected chi connectivity index (χ0v) is 44.7. The van der Waals surface area contributed by atoms with Gasteiger partial charge in [-0.1, -0.05) is 247 Å². The van der Waals surface area contributed by atoms with E-state index in [9.17, 15) is 19.8 Å². The highest BCUT2D eigenvalue weighted by molar-refractivity contribution is 5.77. The van der Waals surface area contributed by atoms with Crippen molar-refractivity contribution in [1.82, 2.24) is 5.32 Å². The van der Waals surface area contributed by atoms with Crippen LogP contribution in [0.2, 0.25) is 0 Å². The molecule has 0 saturated carbocycles. The van der Waals surface area contributed by atoms with Gasteiger partial charge in [-0.2, -0.15) is 0 Å². The lowest BCUT2D eigenvalue weighted by atomic mass is 10.0. The highest BCUT2D eigenvalue weighted by Gasteiger charge is 2.24. The van der Waals surface area contributed by atoms with E-state index in [0.29, 0.717) is 19.3 Å². The number of aliphatic hydroxyl groups is 2. The van der Waals surface area contributed by atoms with Gasteiger partial charge in [0, 0.05) is 6.42 Å². The number of allylic oxidation sites excluding steroid dienone is 14. The Hall–Kier alpha value is -2.96. The fraction of sp³-hybridized carbons (Fsp3) is 0.742. The van der Waals surface area contributed by atoms with Gasteiger partial charge in [-0.25, -0.2) is 0 Å². The van der Waals surface area contributed by atoms with E-state index in [0.717, 1.165) is 89.9 Å².